The van der Waals surface area contributed by atoms with Gasteiger partial charge in [0.15, 0.2) is 0 Å². The topological polar surface area (TPSA) is 40.6 Å². The second kappa shape index (κ2) is 12.1. The van der Waals surface area contributed by atoms with E-state index < -0.39 is 0 Å². The lowest BCUT2D eigenvalue weighted by Gasteiger charge is -2.23. The number of benzene rings is 2. The van der Waals surface area contributed by atoms with Gasteiger partial charge in [-0.1, -0.05) is 85.0 Å². The Hall–Kier alpha value is -2.74. The molecule has 1 saturated heterocycles. The zero-order chi connectivity index (χ0) is 23.8. The van der Waals surface area contributed by atoms with Gasteiger partial charge in [-0.3, -0.25) is 14.5 Å². The molecular formula is C27H26N2O2S3. The highest BCUT2D eigenvalue weighted by Crippen LogP contribution is 2.33. The van der Waals surface area contributed by atoms with Gasteiger partial charge in [0.05, 0.1) is 11.4 Å². The Balaban J connectivity index is 1.27. The zero-order valence-electron chi connectivity index (χ0n) is 18.8. The van der Waals surface area contributed by atoms with Crippen molar-refractivity contribution in [2.45, 2.75) is 32.2 Å². The molecule has 2 aromatic carbocycles. The molecule has 0 radical (unpaired) electrons. The van der Waals surface area contributed by atoms with E-state index in [2.05, 4.69) is 0 Å². The van der Waals surface area contributed by atoms with Crippen LogP contribution in [-0.2, 0) is 16.1 Å². The predicted molar refractivity (Wildman–Crippen MR) is 147 cm³/mol. The van der Waals surface area contributed by atoms with Crippen LogP contribution in [0.15, 0.2) is 83.1 Å². The zero-order valence-corrected chi connectivity index (χ0v) is 21.2. The third-order valence-corrected chi connectivity index (χ3v) is 7.71. The number of carbonyl (C=O) groups excluding carboxylic acids is 2. The number of thiophene rings is 1. The van der Waals surface area contributed by atoms with Crippen molar-refractivity contribution in [2.24, 2.45) is 0 Å². The van der Waals surface area contributed by atoms with Gasteiger partial charge in [0, 0.05) is 23.5 Å². The smallest absolute Gasteiger partial charge is 0.266 e. The monoisotopic (exact) mass is 506 g/mol. The lowest BCUT2D eigenvalue weighted by Crippen LogP contribution is -2.30. The minimum atomic E-state index is -0.0161. The number of thiocarbonyl (C=S) groups is 1. The van der Waals surface area contributed by atoms with E-state index in [0.29, 0.717) is 28.7 Å². The van der Waals surface area contributed by atoms with Crippen molar-refractivity contribution in [3.05, 3.63) is 93.5 Å². The summed E-state index contributed by atoms with van der Waals surface area (Å²) in [6, 6.07) is 23.8. The Morgan fingerprint density at radius 1 is 0.941 bits per heavy atom. The number of thioether (sulfide) groups is 1. The van der Waals surface area contributed by atoms with Crippen LogP contribution in [0.25, 0.3) is 6.08 Å². The van der Waals surface area contributed by atoms with Crippen LogP contribution in [0.2, 0.25) is 0 Å². The number of unbranched alkanes of at least 4 members (excludes halogenated alkanes) is 2. The van der Waals surface area contributed by atoms with E-state index in [1.165, 1.54) is 11.8 Å². The first-order valence-corrected chi connectivity index (χ1v) is 13.4. The number of rotatable bonds is 10. The van der Waals surface area contributed by atoms with Gasteiger partial charge >= 0.3 is 0 Å². The SMILES string of the molecule is O=C1/C(=C\c2cccs2)SC(=S)N1CCCCCC(=O)N(Cc1ccccc1)c1ccccc1. The van der Waals surface area contributed by atoms with E-state index in [1.54, 1.807) is 16.2 Å². The van der Waals surface area contributed by atoms with Crippen LogP contribution >= 0.6 is 35.3 Å². The molecule has 0 N–H and O–H groups in total. The summed E-state index contributed by atoms with van der Waals surface area (Å²) < 4.78 is 0.613. The Bertz CT molecular complexity index is 1150. The second-order valence-electron chi connectivity index (χ2n) is 7.96. The van der Waals surface area contributed by atoms with Crippen molar-refractivity contribution in [1.29, 1.82) is 0 Å². The Labute approximate surface area is 214 Å². The summed E-state index contributed by atoms with van der Waals surface area (Å²) in [5.74, 6) is 0.0946. The molecule has 2 heterocycles. The summed E-state index contributed by atoms with van der Waals surface area (Å²) in [5, 5.41) is 1.99. The Morgan fingerprint density at radius 3 is 2.38 bits per heavy atom. The first-order chi connectivity index (χ1) is 16.6. The minimum Gasteiger partial charge on any atom is -0.308 e. The molecule has 4 nitrogen and oxygen atoms in total. The van der Waals surface area contributed by atoms with Crippen molar-refractivity contribution in [2.75, 3.05) is 11.4 Å². The molecule has 7 heteroatoms. The maximum absolute atomic E-state index is 13.1. The third-order valence-electron chi connectivity index (χ3n) is 5.51. The molecule has 0 aliphatic carbocycles. The van der Waals surface area contributed by atoms with Gasteiger partial charge in [-0.15, -0.1) is 11.3 Å². The van der Waals surface area contributed by atoms with E-state index in [-0.39, 0.29) is 11.8 Å². The van der Waals surface area contributed by atoms with Gasteiger partial charge in [-0.05, 0) is 48.1 Å². The molecule has 4 rings (SSSR count). The van der Waals surface area contributed by atoms with Gasteiger partial charge in [-0.2, -0.15) is 0 Å². The highest BCUT2D eigenvalue weighted by Gasteiger charge is 2.31. The molecule has 1 fully saturated rings. The molecule has 0 saturated carbocycles. The van der Waals surface area contributed by atoms with Crippen molar-refractivity contribution >= 4 is 63.2 Å². The first-order valence-electron chi connectivity index (χ1n) is 11.3. The lowest BCUT2D eigenvalue weighted by atomic mass is 10.1. The number of nitrogens with zero attached hydrogens (tertiary/aromatic N) is 2. The van der Waals surface area contributed by atoms with Crippen molar-refractivity contribution in [3.8, 4) is 0 Å². The van der Waals surface area contributed by atoms with Crippen LogP contribution in [-0.4, -0.2) is 27.6 Å². The largest absolute Gasteiger partial charge is 0.308 e. The molecule has 1 aliphatic heterocycles. The number of carbonyl (C=O) groups is 2. The quantitative estimate of drug-likeness (QED) is 0.173. The number of hydrogen-bond donors (Lipinski definition) is 0. The molecule has 3 aromatic rings. The van der Waals surface area contributed by atoms with Crippen LogP contribution in [0.3, 0.4) is 0 Å². The standard InChI is InChI=1S/C27H26N2O2S3/c30-25(29(22-13-6-2-7-14-22)20-21-11-4-1-5-12-21)16-8-3-9-17-28-26(31)24(34-27(28)32)19-23-15-10-18-33-23/h1-2,4-7,10-15,18-19H,3,8-9,16-17,20H2/b24-19+. The average Bonchev–Trinajstić information content (AvgIpc) is 3.47. The van der Waals surface area contributed by atoms with Crippen LogP contribution in [0.1, 0.15) is 36.1 Å². The summed E-state index contributed by atoms with van der Waals surface area (Å²) in [4.78, 5) is 31.1. The average molecular weight is 507 g/mol. The molecule has 1 aromatic heterocycles. The van der Waals surface area contributed by atoms with E-state index in [0.717, 1.165) is 35.4 Å². The molecule has 0 spiro atoms. The van der Waals surface area contributed by atoms with Crippen molar-refractivity contribution in [3.63, 3.8) is 0 Å². The minimum absolute atomic E-state index is 0.0161. The molecule has 1 aliphatic rings. The summed E-state index contributed by atoms with van der Waals surface area (Å²) >= 11 is 8.40. The molecular weight excluding hydrogens is 481 g/mol. The fraction of sp³-hybridized carbons (Fsp3) is 0.222. The van der Waals surface area contributed by atoms with Crippen molar-refractivity contribution < 1.29 is 9.59 Å². The summed E-state index contributed by atoms with van der Waals surface area (Å²) in [6.07, 6.45) is 4.83. The van der Waals surface area contributed by atoms with Crippen molar-refractivity contribution in [1.82, 2.24) is 4.90 Å². The van der Waals surface area contributed by atoms with E-state index in [9.17, 15) is 9.59 Å². The van der Waals surface area contributed by atoms with Gasteiger partial charge in [0.2, 0.25) is 5.91 Å². The highest BCUT2D eigenvalue weighted by molar-refractivity contribution is 8.26. The molecule has 0 atom stereocenters. The molecule has 34 heavy (non-hydrogen) atoms. The number of anilines is 1. The molecule has 174 valence electrons. The van der Waals surface area contributed by atoms with Crippen LogP contribution in [0.5, 0.6) is 0 Å². The van der Waals surface area contributed by atoms with E-state index >= 15 is 0 Å². The maximum atomic E-state index is 13.1. The van der Waals surface area contributed by atoms with Crippen LogP contribution in [0, 0.1) is 0 Å². The third kappa shape index (κ3) is 6.44. The van der Waals surface area contributed by atoms with Crippen LogP contribution < -0.4 is 4.90 Å². The predicted octanol–water partition coefficient (Wildman–Crippen LogP) is 6.74. The Morgan fingerprint density at radius 2 is 1.68 bits per heavy atom. The highest BCUT2D eigenvalue weighted by atomic mass is 32.2. The maximum Gasteiger partial charge on any atom is 0.266 e. The molecule has 2 amide bonds. The summed E-state index contributed by atoms with van der Waals surface area (Å²) in [5.41, 5.74) is 2.01. The lowest BCUT2D eigenvalue weighted by molar-refractivity contribution is -0.122. The summed E-state index contributed by atoms with van der Waals surface area (Å²) in [6.45, 7) is 1.14. The molecule has 0 bridgehead atoms. The van der Waals surface area contributed by atoms with E-state index in [4.69, 9.17) is 12.2 Å². The van der Waals surface area contributed by atoms with Gasteiger partial charge < -0.3 is 4.90 Å². The second-order valence-corrected chi connectivity index (χ2v) is 10.6. The van der Waals surface area contributed by atoms with Gasteiger partial charge in [0.1, 0.15) is 4.32 Å². The Kier molecular flexibility index (Phi) is 8.68. The van der Waals surface area contributed by atoms with Crippen LogP contribution in [0.4, 0.5) is 5.69 Å². The van der Waals surface area contributed by atoms with Gasteiger partial charge in [0.25, 0.3) is 5.91 Å². The normalized spacial score (nSPS) is 14.7. The number of amides is 2. The summed E-state index contributed by atoms with van der Waals surface area (Å²) in [7, 11) is 0. The number of para-hydroxylation sites is 1. The fourth-order valence-corrected chi connectivity index (χ4v) is 5.78. The first kappa shape index (κ1) is 24.4. The van der Waals surface area contributed by atoms with Gasteiger partial charge in [-0.25, -0.2) is 0 Å². The van der Waals surface area contributed by atoms with E-state index in [1.807, 2.05) is 89.2 Å². The molecule has 0 unspecified atom stereocenters. The fourth-order valence-electron chi connectivity index (χ4n) is 3.75. The number of hydrogen-bond acceptors (Lipinski definition) is 5.